The van der Waals surface area contributed by atoms with Gasteiger partial charge in [-0.15, -0.1) is 0 Å². The predicted octanol–water partition coefficient (Wildman–Crippen LogP) is 4.12. The average Bonchev–Trinajstić information content (AvgIpc) is 2.52. The molecule has 0 radical (unpaired) electrons. The average molecular weight is 311 g/mol. The van der Waals surface area contributed by atoms with E-state index < -0.39 is 0 Å². The number of carbonyl (C=O) groups excluding carboxylic acids is 1. The Labute approximate surface area is 138 Å². The van der Waals surface area contributed by atoms with Crippen molar-refractivity contribution in [2.24, 2.45) is 0 Å². The molecule has 23 heavy (non-hydrogen) atoms. The maximum Gasteiger partial charge on any atom is 0.224 e. The molecule has 0 saturated heterocycles. The van der Waals surface area contributed by atoms with Crippen molar-refractivity contribution < 1.29 is 9.53 Å². The zero-order valence-corrected chi connectivity index (χ0v) is 14.3. The monoisotopic (exact) mass is 311 g/mol. The molecule has 0 bridgehead atoms. The van der Waals surface area contributed by atoms with E-state index >= 15 is 0 Å². The Balaban J connectivity index is 1.94. The van der Waals surface area contributed by atoms with E-state index in [2.05, 4.69) is 31.3 Å². The van der Waals surface area contributed by atoms with Crippen LogP contribution in [0.5, 0.6) is 5.75 Å². The summed E-state index contributed by atoms with van der Waals surface area (Å²) >= 11 is 0. The van der Waals surface area contributed by atoms with Crippen molar-refractivity contribution in [2.75, 3.05) is 6.61 Å². The second-order valence-corrected chi connectivity index (χ2v) is 5.89. The van der Waals surface area contributed by atoms with Crippen LogP contribution in [-0.2, 0) is 11.2 Å². The summed E-state index contributed by atoms with van der Waals surface area (Å²) in [6.07, 6.45) is 0.405. The summed E-state index contributed by atoms with van der Waals surface area (Å²) in [5.41, 5.74) is 4.58. The minimum atomic E-state index is -0.0234. The van der Waals surface area contributed by atoms with Gasteiger partial charge < -0.3 is 10.1 Å². The van der Waals surface area contributed by atoms with Gasteiger partial charge in [0.25, 0.3) is 0 Å². The van der Waals surface area contributed by atoms with Crippen molar-refractivity contribution >= 4 is 5.91 Å². The second kappa shape index (κ2) is 7.82. The van der Waals surface area contributed by atoms with E-state index in [0.29, 0.717) is 13.0 Å². The quantitative estimate of drug-likeness (QED) is 0.871. The lowest BCUT2D eigenvalue weighted by molar-refractivity contribution is -0.121. The molecule has 2 aromatic rings. The van der Waals surface area contributed by atoms with Gasteiger partial charge in [0, 0.05) is 0 Å². The van der Waals surface area contributed by atoms with Gasteiger partial charge in [0.1, 0.15) is 5.75 Å². The summed E-state index contributed by atoms with van der Waals surface area (Å²) in [4.78, 5) is 12.2. The molecule has 0 saturated carbocycles. The molecular weight excluding hydrogens is 286 g/mol. The zero-order valence-electron chi connectivity index (χ0n) is 14.3. The van der Waals surface area contributed by atoms with Crippen molar-refractivity contribution in [1.29, 1.82) is 0 Å². The minimum Gasteiger partial charge on any atom is -0.494 e. The van der Waals surface area contributed by atoms with E-state index in [0.717, 1.165) is 16.9 Å². The van der Waals surface area contributed by atoms with Gasteiger partial charge in [-0.1, -0.05) is 30.3 Å². The third-order valence-corrected chi connectivity index (χ3v) is 4.00. The van der Waals surface area contributed by atoms with Crippen molar-refractivity contribution in [3.63, 3.8) is 0 Å². The Bertz CT molecular complexity index is 662. The van der Waals surface area contributed by atoms with Gasteiger partial charge >= 0.3 is 0 Å². The summed E-state index contributed by atoms with van der Waals surface area (Å²) in [5.74, 6) is 0.888. The van der Waals surface area contributed by atoms with Gasteiger partial charge in [0.15, 0.2) is 0 Å². The molecule has 0 spiro atoms. The summed E-state index contributed by atoms with van der Waals surface area (Å²) in [5, 5.41) is 3.05. The Morgan fingerprint density at radius 2 is 1.78 bits per heavy atom. The fourth-order valence-corrected chi connectivity index (χ4v) is 2.49. The van der Waals surface area contributed by atoms with Crippen molar-refractivity contribution in [1.82, 2.24) is 5.32 Å². The van der Waals surface area contributed by atoms with Crippen LogP contribution in [0.25, 0.3) is 0 Å². The number of carbonyl (C=O) groups is 1. The largest absolute Gasteiger partial charge is 0.494 e. The smallest absolute Gasteiger partial charge is 0.224 e. The zero-order chi connectivity index (χ0) is 16.8. The molecule has 0 heterocycles. The predicted molar refractivity (Wildman–Crippen MR) is 93.8 cm³/mol. The highest BCUT2D eigenvalue weighted by molar-refractivity contribution is 5.79. The van der Waals surface area contributed by atoms with Gasteiger partial charge in [-0.2, -0.15) is 0 Å². The SMILES string of the molecule is CCOc1ccc([C@@H](C)NC(=O)Cc2ccc(C)c(C)c2)cc1. The Morgan fingerprint density at radius 3 is 2.39 bits per heavy atom. The van der Waals surface area contributed by atoms with Gasteiger partial charge in [-0.25, -0.2) is 0 Å². The Kier molecular flexibility index (Phi) is 5.80. The molecule has 122 valence electrons. The van der Waals surface area contributed by atoms with Crippen LogP contribution in [0.2, 0.25) is 0 Å². The molecular formula is C20H25NO2. The van der Waals surface area contributed by atoms with Gasteiger partial charge in [0.05, 0.1) is 19.1 Å². The molecule has 2 rings (SSSR count). The maximum absolute atomic E-state index is 12.2. The number of nitrogens with one attached hydrogen (secondary N) is 1. The molecule has 0 fully saturated rings. The third kappa shape index (κ3) is 4.85. The lowest BCUT2D eigenvalue weighted by Crippen LogP contribution is -2.28. The highest BCUT2D eigenvalue weighted by Gasteiger charge is 2.10. The van der Waals surface area contributed by atoms with Crippen LogP contribution in [0, 0.1) is 13.8 Å². The van der Waals surface area contributed by atoms with E-state index in [1.165, 1.54) is 11.1 Å². The van der Waals surface area contributed by atoms with Crippen molar-refractivity contribution in [3.05, 3.63) is 64.7 Å². The highest BCUT2D eigenvalue weighted by atomic mass is 16.5. The summed E-state index contributed by atoms with van der Waals surface area (Å²) in [6.45, 7) is 8.76. The summed E-state index contributed by atoms with van der Waals surface area (Å²) < 4.78 is 5.43. The van der Waals surface area contributed by atoms with Crippen LogP contribution in [-0.4, -0.2) is 12.5 Å². The molecule has 1 N–H and O–H groups in total. The molecule has 1 atom stereocenters. The molecule has 3 nitrogen and oxygen atoms in total. The molecule has 0 aliphatic heterocycles. The lowest BCUT2D eigenvalue weighted by Gasteiger charge is -2.15. The number of hydrogen-bond acceptors (Lipinski definition) is 2. The molecule has 0 aromatic heterocycles. The normalized spacial score (nSPS) is 11.8. The number of ether oxygens (including phenoxy) is 1. The third-order valence-electron chi connectivity index (χ3n) is 4.00. The number of amides is 1. The number of hydrogen-bond donors (Lipinski definition) is 1. The minimum absolute atomic E-state index is 0.0234. The first-order chi connectivity index (χ1) is 11.0. The number of benzene rings is 2. The van der Waals surface area contributed by atoms with Crippen LogP contribution in [0.1, 0.15) is 42.1 Å². The van der Waals surface area contributed by atoms with Crippen LogP contribution in [0.4, 0.5) is 0 Å². The molecule has 1 amide bonds. The van der Waals surface area contributed by atoms with Gasteiger partial charge in [-0.3, -0.25) is 4.79 Å². The first-order valence-electron chi connectivity index (χ1n) is 8.08. The highest BCUT2D eigenvalue weighted by Crippen LogP contribution is 2.18. The Hall–Kier alpha value is -2.29. The van der Waals surface area contributed by atoms with Gasteiger partial charge in [-0.05, 0) is 62.1 Å². The lowest BCUT2D eigenvalue weighted by atomic mass is 10.0. The molecule has 3 heteroatoms. The molecule has 2 aromatic carbocycles. The van der Waals surface area contributed by atoms with Crippen LogP contribution in [0.3, 0.4) is 0 Å². The molecule has 0 unspecified atom stereocenters. The first-order valence-corrected chi connectivity index (χ1v) is 8.08. The van der Waals surface area contributed by atoms with Crippen molar-refractivity contribution in [3.8, 4) is 5.75 Å². The van der Waals surface area contributed by atoms with Crippen LogP contribution >= 0.6 is 0 Å². The maximum atomic E-state index is 12.2. The number of rotatable bonds is 6. The Morgan fingerprint density at radius 1 is 1.09 bits per heavy atom. The van der Waals surface area contributed by atoms with Crippen molar-refractivity contribution in [2.45, 2.75) is 40.2 Å². The first kappa shape index (κ1) is 17.1. The molecule has 0 aliphatic carbocycles. The van der Waals surface area contributed by atoms with E-state index in [-0.39, 0.29) is 11.9 Å². The fourth-order valence-electron chi connectivity index (χ4n) is 2.49. The van der Waals surface area contributed by atoms with Crippen LogP contribution in [0.15, 0.2) is 42.5 Å². The fraction of sp³-hybridized carbons (Fsp3) is 0.350. The van der Waals surface area contributed by atoms with E-state index in [1.807, 2.05) is 44.2 Å². The van der Waals surface area contributed by atoms with Crippen LogP contribution < -0.4 is 10.1 Å². The molecule has 0 aliphatic rings. The van der Waals surface area contributed by atoms with Gasteiger partial charge in [0.2, 0.25) is 5.91 Å². The van der Waals surface area contributed by atoms with E-state index in [9.17, 15) is 4.79 Å². The second-order valence-electron chi connectivity index (χ2n) is 5.89. The number of aryl methyl sites for hydroxylation is 2. The summed E-state index contributed by atoms with van der Waals surface area (Å²) in [6, 6.07) is 14.0. The van der Waals surface area contributed by atoms with E-state index in [4.69, 9.17) is 4.74 Å². The topological polar surface area (TPSA) is 38.3 Å². The standard InChI is InChI=1S/C20H25NO2/c1-5-23-19-10-8-18(9-11-19)16(4)21-20(22)13-17-7-6-14(2)15(3)12-17/h6-12,16H,5,13H2,1-4H3,(H,21,22)/t16-/m1/s1. The summed E-state index contributed by atoms with van der Waals surface area (Å²) in [7, 11) is 0. The van der Waals surface area contributed by atoms with E-state index in [1.54, 1.807) is 0 Å².